The van der Waals surface area contributed by atoms with E-state index in [1.807, 2.05) is 84.9 Å². The molecule has 0 heterocycles. The molecule has 0 fully saturated rings. The second-order valence-electron chi connectivity index (χ2n) is 7.42. The number of benzene rings is 2. The van der Waals surface area contributed by atoms with Gasteiger partial charge in [-0.2, -0.15) is 0 Å². The molecule has 0 radical (unpaired) electrons. The summed E-state index contributed by atoms with van der Waals surface area (Å²) in [5.74, 6) is 0. The van der Waals surface area contributed by atoms with Gasteiger partial charge in [0.05, 0.1) is 12.2 Å². The van der Waals surface area contributed by atoms with E-state index < -0.39 is 12.2 Å². The number of hydrogen-bond acceptors (Lipinski definition) is 4. The molecule has 164 valence electrons. The number of aryl methyl sites for hydroxylation is 3. The third kappa shape index (κ3) is 9.78. The Hall–Kier alpha value is -2.54. The van der Waals surface area contributed by atoms with Crippen LogP contribution in [0.2, 0.25) is 0 Å². The molecule has 0 spiro atoms. The molecule has 0 saturated heterocycles. The molecule has 2 N–H and O–H groups in total. The average Bonchev–Trinajstić information content (AvgIpc) is 2.60. The maximum absolute atomic E-state index is 11.3. The van der Waals surface area contributed by atoms with Gasteiger partial charge in [-0.15, -0.1) is 0 Å². The van der Waals surface area contributed by atoms with Crippen molar-refractivity contribution in [1.29, 1.82) is 0 Å². The van der Waals surface area contributed by atoms with Crippen LogP contribution in [0.25, 0.3) is 0 Å². The number of anilines is 2. The van der Waals surface area contributed by atoms with Crippen molar-refractivity contribution in [3.8, 4) is 0 Å². The predicted octanol–water partition coefficient (Wildman–Crippen LogP) is 6.97. The van der Waals surface area contributed by atoms with Crippen molar-refractivity contribution < 1.29 is 19.1 Å². The number of nitrogens with one attached hydrogen (secondary N) is 2. The smallest absolute Gasteiger partial charge is 0.411 e. The van der Waals surface area contributed by atoms with Crippen molar-refractivity contribution in [2.75, 3.05) is 10.6 Å². The lowest BCUT2D eigenvalue weighted by Gasteiger charge is -2.10. The van der Waals surface area contributed by atoms with Crippen LogP contribution >= 0.6 is 15.9 Å². The number of halogens is 1. The Balaban J connectivity index is 0.000000300. The van der Waals surface area contributed by atoms with Crippen LogP contribution < -0.4 is 10.6 Å². The zero-order valence-corrected chi connectivity index (χ0v) is 20.2. The van der Waals surface area contributed by atoms with Crippen molar-refractivity contribution in [3.63, 3.8) is 0 Å². The van der Waals surface area contributed by atoms with Crippen molar-refractivity contribution >= 4 is 39.5 Å². The van der Waals surface area contributed by atoms with Gasteiger partial charge in [0.25, 0.3) is 0 Å². The van der Waals surface area contributed by atoms with Gasteiger partial charge in [0, 0.05) is 15.8 Å². The number of carbonyl (C=O) groups excluding carboxylic acids is 2. The van der Waals surface area contributed by atoms with Crippen LogP contribution in [-0.4, -0.2) is 24.4 Å². The van der Waals surface area contributed by atoms with Crippen LogP contribution in [0.15, 0.2) is 40.9 Å². The number of hydrogen-bond donors (Lipinski definition) is 2. The fourth-order valence-corrected chi connectivity index (χ4v) is 2.51. The second kappa shape index (κ2) is 12.2. The third-order valence-corrected chi connectivity index (χ3v) is 4.73. The van der Waals surface area contributed by atoms with Crippen LogP contribution in [0.3, 0.4) is 0 Å². The van der Waals surface area contributed by atoms with Gasteiger partial charge in [0.1, 0.15) is 0 Å². The molecule has 2 rings (SSSR count). The first-order valence-corrected chi connectivity index (χ1v) is 10.6. The number of carbonyl (C=O) groups is 2. The normalized spacial score (nSPS) is 10.2. The Morgan fingerprint density at radius 3 is 1.57 bits per heavy atom. The van der Waals surface area contributed by atoms with Crippen LogP contribution in [0.4, 0.5) is 21.0 Å². The summed E-state index contributed by atoms with van der Waals surface area (Å²) in [6.45, 7) is 13.3. The minimum Gasteiger partial charge on any atom is -0.447 e. The highest BCUT2D eigenvalue weighted by molar-refractivity contribution is 9.10. The Bertz CT molecular complexity index is 795. The molecule has 0 unspecified atom stereocenters. The molecule has 2 aromatic rings. The number of rotatable bonds is 4. The highest BCUT2D eigenvalue weighted by atomic mass is 79.9. The molecule has 2 aromatic carbocycles. The van der Waals surface area contributed by atoms with Crippen molar-refractivity contribution in [2.24, 2.45) is 0 Å². The Morgan fingerprint density at radius 2 is 1.17 bits per heavy atom. The molecular formula is C23H31BrN2O4. The molecule has 0 aliphatic heterocycles. The summed E-state index contributed by atoms with van der Waals surface area (Å²) in [5, 5.41) is 5.34. The molecule has 0 saturated carbocycles. The first-order chi connectivity index (χ1) is 14.0. The van der Waals surface area contributed by atoms with E-state index in [1.165, 1.54) is 5.56 Å². The largest absolute Gasteiger partial charge is 0.447 e. The SMILES string of the molecule is Cc1cc(NC(=O)OC(C)C)ccc1Br.Cc1ccc(NC(=O)OC(C)C)cc1C. The predicted molar refractivity (Wildman–Crippen MR) is 125 cm³/mol. The van der Waals surface area contributed by atoms with Crippen molar-refractivity contribution in [1.82, 2.24) is 0 Å². The van der Waals surface area contributed by atoms with E-state index in [4.69, 9.17) is 9.47 Å². The van der Waals surface area contributed by atoms with E-state index in [0.717, 1.165) is 27.0 Å². The minimum atomic E-state index is -0.424. The Kier molecular flexibility index (Phi) is 10.4. The van der Waals surface area contributed by atoms with E-state index in [1.54, 1.807) is 0 Å². The van der Waals surface area contributed by atoms with Crippen LogP contribution in [0.1, 0.15) is 44.4 Å². The van der Waals surface area contributed by atoms with E-state index in [9.17, 15) is 9.59 Å². The molecule has 0 aromatic heterocycles. The van der Waals surface area contributed by atoms with Gasteiger partial charge in [0.2, 0.25) is 0 Å². The molecule has 0 atom stereocenters. The Labute approximate surface area is 187 Å². The summed E-state index contributed by atoms with van der Waals surface area (Å²) in [5.41, 5.74) is 4.93. The molecule has 30 heavy (non-hydrogen) atoms. The molecule has 7 heteroatoms. The fraction of sp³-hybridized carbons (Fsp3) is 0.391. The summed E-state index contributed by atoms with van der Waals surface area (Å²) < 4.78 is 11.0. The summed E-state index contributed by atoms with van der Waals surface area (Å²) in [4.78, 5) is 22.6. The van der Waals surface area contributed by atoms with Gasteiger partial charge in [-0.3, -0.25) is 10.6 Å². The molecule has 2 amide bonds. The van der Waals surface area contributed by atoms with E-state index in [-0.39, 0.29) is 12.2 Å². The van der Waals surface area contributed by atoms with Crippen LogP contribution in [0, 0.1) is 20.8 Å². The molecular weight excluding hydrogens is 448 g/mol. The van der Waals surface area contributed by atoms with E-state index in [2.05, 4.69) is 26.6 Å². The third-order valence-electron chi connectivity index (χ3n) is 3.84. The lowest BCUT2D eigenvalue weighted by molar-refractivity contribution is 0.129. The highest BCUT2D eigenvalue weighted by Crippen LogP contribution is 2.20. The van der Waals surface area contributed by atoms with E-state index >= 15 is 0 Å². The fourth-order valence-electron chi connectivity index (χ4n) is 2.26. The van der Waals surface area contributed by atoms with Gasteiger partial charge in [-0.1, -0.05) is 22.0 Å². The molecule has 0 aliphatic rings. The zero-order chi connectivity index (χ0) is 22.8. The summed E-state index contributed by atoms with van der Waals surface area (Å²) in [6.07, 6.45) is -1.04. The zero-order valence-electron chi connectivity index (χ0n) is 18.6. The quantitative estimate of drug-likeness (QED) is 0.496. The minimum absolute atomic E-state index is 0.100. The van der Waals surface area contributed by atoms with Gasteiger partial charge in [0.15, 0.2) is 0 Å². The van der Waals surface area contributed by atoms with Crippen LogP contribution in [0.5, 0.6) is 0 Å². The first-order valence-electron chi connectivity index (χ1n) is 9.76. The van der Waals surface area contributed by atoms with Gasteiger partial charge in [-0.25, -0.2) is 9.59 Å². The summed E-state index contributed by atoms with van der Waals surface area (Å²) >= 11 is 3.39. The maximum Gasteiger partial charge on any atom is 0.411 e. The lowest BCUT2D eigenvalue weighted by atomic mass is 10.1. The van der Waals surface area contributed by atoms with Gasteiger partial charge >= 0.3 is 12.2 Å². The second-order valence-corrected chi connectivity index (χ2v) is 8.28. The van der Waals surface area contributed by atoms with Gasteiger partial charge < -0.3 is 9.47 Å². The van der Waals surface area contributed by atoms with Crippen molar-refractivity contribution in [2.45, 2.75) is 60.7 Å². The maximum atomic E-state index is 11.3. The monoisotopic (exact) mass is 478 g/mol. The summed E-state index contributed by atoms with van der Waals surface area (Å²) in [7, 11) is 0. The van der Waals surface area contributed by atoms with Gasteiger partial charge in [-0.05, 0) is 95.5 Å². The summed E-state index contributed by atoms with van der Waals surface area (Å²) in [6, 6.07) is 11.4. The van der Waals surface area contributed by atoms with E-state index in [0.29, 0.717) is 0 Å². The molecule has 0 aliphatic carbocycles. The number of ether oxygens (including phenoxy) is 2. The molecule has 6 nitrogen and oxygen atoms in total. The topological polar surface area (TPSA) is 76.7 Å². The molecule has 0 bridgehead atoms. The lowest BCUT2D eigenvalue weighted by Crippen LogP contribution is -2.18. The highest BCUT2D eigenvalue weighted by Gasteiger charge is 2.06. The standard InChI is InChI=1S/C12H17NO2.C11H14BrNO2/c1-8(2)15-12(14)13-11-6-5-9(3)10(4)7-11;1-7(2)15-11(14)13-9-4-5-10(12)8(3)6-9/h5-8H,1-4H3,(H,13,14);4-7H,1-3H3,(H,13,14). The van der Waals surface area contributed by atoms with Crippen molar-refractivity contribution in [3.05, 3.63) is 57.6 Å². The van der Waals surface area contributed by atoms with Crippen LogP contribution in [-0.2, 0) is 9.47 Å². The average molecular weight is 479 g/mol. The Morgan fingerprint density at radius 1 is 0.733 bits per heavy atom. The number of amides is 2. The first kappa shape index (κ1) is 25.5.